The molecule has 0 aliphatic carbocycles. The van der Waals surface area contributed by atoms with E-state index in [4.69, 9.17) is 20.6 Å². The minimum atomic E-state index is -0.623. The maximum absolute atomic E-state index is 12.6. The lowest BCUT2D eigenvalue weighted by Gasteiger charge is -2.13. The summed E-state index contributed by atoms with van der Waals surface area (Å²) in [5, 5.41) is -0.525. The normalized spacial score (nSPS) is 15.0. The van der Waals surface area contributed by atoms with Crippen molar-refractivity contribution in [3.05, 3.63) is 27.1 Å². The van der Waals surface area contributed by atoms with E-state index in [0.29, 0.717) is 21.5 Å². The summed E-state index contributed by atoms with van der Waals surface area (Å²) in [4.78, 5) is 37.7. The molecular weight excluding hydrogens is 462 g/mol. The number of hydrogen-bond acceptors (Lipinski definition) is 7. The van der Waals surface area contributed by atoms with Crippen molar-refractivity contribution in [3.8, 4) is 23.8 Å². The van der Waals surface area contributed by atoms with Gasteiger partial charge in [0.15, 0.2) is 11.5 Å². The molecule has 9 heteroatoms. The van der Waals surface area contributed by atoms with Crippen LogP contribution in [0.2, 0.25) is 0 Å². The van der Waals surface area contributed by atoms with Crippen molar-refractivity contribution in [2.45, 2.75) is 13.8 Å². The predicted octanol–water partition coefficient (Wildman–Crippen LogP) is 3.71. The number of carbonyl (C=O) groups excluding carboxylic acids is 3. The van der Waals surface area contributed by atoms with Gasteiger partial charge in [0.1, 0.15) is 13.2 Å². The Labute approximate surface area is 181 Å². The zero-order valence-electron chi connectivity index (χ0n) is 16.2. The molecule has 1 fully saturated rings. The Morgan fingerprint density at radius 2 is 2.10 bits per heavy atom. The van der Waals surface area contributed by atoms with Gasteiger partial charge in [-0.05, 0) is 57.4 Å². The second-order valence-corrected chi connectivity index (χ2v) is 8.22. The van der Waals surface area contributed by atoms with E-state index in [9.17, 15) is 14.4 Å². The summed E-state index contributed by atoms with van der Waals surface area (Å²) < 4.78 is 16.4. The molecule has 0 radical (unpaired) electrons. The van der Waals surface area contributed by atoms with Crippen molar-refractivity contribution < 1.29 is 28.6 Å². The Bertz CT molecular complexity index is 890. The number of rotatable bonds is 8. The molecule has 0 unspecified atom stereocenters. The van der Waals surface area contributed by atoms with Crippen LogP contribution in [0.15, 0.2) is 21.5 Å². The Kier molecular flexibility index (Phi) is 8.17. The lowest BCUT2D eigenvalue weighted by molar-refractivity contribution is -0.147. The molecule has 0 atom stereocenters. The van der Waals surface area contributed by atoms with Crippen LogP contribution < -0.4 is 9.47 Å². The fourth-order valence-corrected chi connectivity index (χ4v) is 3.71. The fourth-order valence-electron chi connectivity index (χ4n) is 2.30. The summed E-state index contributed by atoms with van der Waals surface area (Å²) >= 11 is 4.14. The van der Waals surface area contributed by atoms with E-state index < -0.39 is 23.7 Å². The first-order chi connectivity index (χ1) is 13.8. The quantitative estimate of drug-likeness (QED) is 0.318. The van der Waals surface area contributed by atoms with Gasteiger partial charge in [-0.15, -0.1) is 6.42 Å². The molecule has 154 valence electrons. The van der Waals surface area contributed by atoms with Crippen LogP contribution in [-0.4, -0.2) is 48.9 Å². The summed E-state index contributed by atoms with van der Waals surface area (Å²) in [6, 6.07) is 3.36. The molecule has 1 aliphatic heterocycles. The minimum Gasteiger partial charge on any atom is -0.493 e. The van der Waals surface area contributed by atoms with Crippen LogP contribution in [0.4, 0.5) is 4.79 Å². The number of carbonyl (C=O) groups is 3. The van der Waals surface area contributed by atoms with Gasteiger partial charge in [-0.2, -0.15) is 0 Å². The van der Waals surface area contributed by atoms with Gasteiger partial charge in [-0.25, -0.2) is 0 Å². The molecule has 1 aromatic carbocycles. The Hall–Kier alpha value is -2.44. The van der Waals surface area contributed by atoms with Crippen LogP contribution >= 0.6 is 27.7 Å². The van der Waals surface area contributed by atoms with Crippen molar-refractivity contribution in [1.82, 2.24) is 4.90 Å². The summed E-state index contributed by atoms with van der Waals surface area (Å²) in [6.07, 6.45) is 6.76. The van der Waals surface area contributed by atoms with Crippen molar-refractivity contribution in [2.24, 2.45) is 5.92 Å². The first-order valence-electron chi connectivity index (χ1n) is 8.61. The van der Waals surface area contributed by atoms with Crippen molar-refractivity contribution >= 4 is 50.9 Å². The number of terminal acetylenes is 1. The lowest BCUT2D eigenvalue weighted by Crippen LogP contribution is -2.34. The number of nitrogens with zero attached hydrogens (tertiary/aromatic N) is 1. The van der Waals surface area contributed by atoms with E-state index >= 15 is 0 Å². The largest absolute Gasteiger partial charge is 0.493 e. The van der Waals surface area contributed by atoms with Gasteiger partial charge in [0.2, 0.25) is 0 Å². The molecule has 2 amide bonds. The third kappa shape index (κ3) is 6.02. The average Bonchev–Trinajstić information content (AvgIpc) is 2.92. The van der Waals surface area contributed by atoms with Crippen molar-refractivity contribution in [1.29, 1.82) is 0 Å². The zero-order chi connectivity index (χ0) is 21.6. The van der Waals surface area contributed by atoms with Gasteiger partial charge in [-0.3, -0.25) is 19.3 Å². The van der Waals surface area contributed by atoms with E-state index in [1.807, 2.05) is 13.8 Å². The molecule has 7 nitrogen and oxygen atoms in total. The van der Waals surface area contributed by atoms with Gasteiger partial charge in [0, 0.05) is 0 Å². The van der Waals surface area contributed by atoms with Gasteiger partial charge < -0.3 is 14.2 Å². The maximum Gasteiger partial charge on any atom is 0.326 e. The number of hydrogen-bond donors (Lipinski definition) is 0. The average molecular weight is 482 g/mol. The summed E-state index contributed by atoms with van der Waals surface area (Å²) in [6.45, 7) is 3.67. The summed E-state index contributed by atoms with van der Waals surface area (Å²) in [7, 11) is 1.48. The van der Waals surface area contributed by atoms with Crippen LogP contribution in [0.25, 0.3) is 6.08 Å². The highest BCUT2D eigenvalue weighted by Crippen LogP contribution is 2.39. The Morgan fingerprint density at radius 3 is 2.72 bits per heavy atom. The van der Waals surface area contributed by atoms with E-state index in [1.165, 1.54) is 7.11 Å². The second-order valence-electron chi connectivity index (χ2n) is 6.37. The number of imide groups is 1. The lowest BCUT2D eigenvalue weighted by atomic mass is 10.2. The molecule has 0 spiro atoms. The smallest absolute Gasteiger partial charge is 0.326 e. The van der Waals surface area contributed by atoms with Crippen molar-refractivity contribution in [3.63, 3.8) is 0 Å². The van der Waals surface area contributed by atoms with Crippen molar-refractivity contribution in [2.75, 3.05) is 26.9 Å². The highest BCUT2D eigenvalue weighted by molar-refractivity contribution is 9.10. The number of methoxy groups -OCH3 is 1. The predicted molar refractivity (Wildman–Crippen MR) is 113 cm³/mol. The van der Waals surface area contributed by atoms with Crippen LogP contribution in [0.1, 0.15) is 19.4 Å². The van der Waals surface area contributed by atoms with Crippen LogP contribution in [-0.2, 0) is 14.3 Å². The number of benzene rings is 1. The topological polar surface area (TPSA) is 82.1 Å². The monoisotopic (exact) mass is 481 g/mol. The minimum absolute atomic E-state index is 0.0695. The highest BCUT2D eigenvalue weighted by Gasteiger charge is 2.36. The SMILES string of the molecule is C#CCOc1c(Br)cc(/C=C2\SC(=O)N(CC(=O)OCC(C)C)C2=O)cc1OC. The number of amides is 2. The standard InChI is InChI=1S/C20H20BrNO6S/c1-5-6-27-18-14(21)7-13(8-15(18)26-4)9-16-19(24)22(20(25)29-16)10-17(23)28-11-12(2)3/h1,7-9,12H,6,10-11H2,2-4H3/b16-9-. The Morgan fingerprint density at radius 1 is 1.38 bits per heavy atom. The maximum atomic E-state index is 12.6. The molecular formula is C20H20BrNO6S. The Balaban J connectivity index is 2.19. The molecule has 0 bridgehead atoms. The van der Waals surface area contributed by atoms with E-state index in [1.54, 1.807) is 18.2 Å². The third-order valence-electron chi connectivity index (χ3n) is 3.59. The number of ether oxygens (including phenoxy) is 3. The molecule has 1 aromatic rings. The van der Waals surface area contributed by atoms with Gasteiger partial charge in [0.05, 0.1) is 23.1 Å². The molecule has 0 N–H and O–H groups in total. The molecule has 0 saturated carbocycles. The number of halogens is 1. The van der Waals surface area contributed by atoms with Crippen LogP contribution in [0.5, 0.6) is 11.5 Å². The van der Waals surface area contributed by atoms with Gasteiger partial charge >= 0.3 is 5.97 Å². The third-order valence-corrected chi connectivity index (χ3v) is 5.08. The molecule has 2 rings (SSSR count). The van der Waals surface area contributed by atoms with Crippen LogP contribution in [0, 0.1) is 18.3 Å². The summed E-state index contributed by atoms with van der Waals surface area (Å²) in [5.74, 6) is 2.21. The molecule has 1 saturated heterocycles. The van der Waals surface area contributed by atoms with E-state index in [0.717, 1.165) is 16.7 Å². The number of thioether (sulfide) groups is 1. The van der Waals surface area contributed by atoms with Gasteiger partial charge in [-0.1, -0.05) is 19.8 Å². The molecule has 29 heavy (non-hydrogen) atoms. The first-order valence-corrected chi connectivity index (χ1v) is 10.2. The van der Waals surface area contributed by atoms with Gasteiger partial charge in [0.25, 0.3) is 11.1 Å². The van der Waals surface area contributed by atoms with E-state index in [2.05, 4.69) is 21.9 Å². The second kappa shape index (κ2) is 10.4. The highest BCUT2D eigenvalue weighted by atomic mass is 79.9. The first kappa shape index (κ1) is 22.8. The zero-order valence-corrected chi connectivity index (χ0v) is 18.6. The van der Waals surface area contributed by atoms with Crippen LogP contribution in [0.3, 0.4) is 0 Å². The number of esters is 1. The molecule has 0 aromatic heterocycles. The van der Waals surface area contributed by atoms with E-state index in [-0.39, 0.29) is 24.0 Å². The molecule has 1 heterocycles. The molecule has 1 aliphatic rings. The fraction of sp³-hybridized carbons (Fsp3) is 0.350. The summed E-state index contributed by atoms with van der Waals surface area (Å²) in [5.41, 5.74) is 0.606.